The zero-order valence-corrected chi connectivity index (χ0v) is 15.3. The van der Waals surface area contributed by atoms with Crippen LogP contribution in [0.15, 0.2) is 24.3 Å². The average Bonchev–Trinajstić information content (AvgIpc) is 2.47. The molecule has 0 spiro atoms. The first kappa shape index (κ1) is 19.9. The minimum absolute atomic E-state index is 0. The molecule has 5 heteroatoms. The highest BCUT2D eigenvalue weighted by Gasteiger charge is 2.18. The number of hydrogen-bond acceptors (Lipinski definition) is 4. The molecule has 1 aliphatic heterocycles. The van der Waals surface area contributed by atoms with E-state index < -0.39 is 0 Å². The normalized spacial score (nSPS) is 17.2. The number of hydrogen-bond donors (Lipinski definition) is 0. The van der Waals surface area contributed by atoms with Crippen molar-refractivity contribution in [2.45, 2.75) is 39.2 Å². The van der Waals surface area contributed by atoms with Crippen LogP contribution in [0.2, 0.25) is 0 Å². The van der Waals surface area contributed by atoms with Crippen molar-refractivity contribution in [1.82, 2.24) is 4.90 Å². The van der Waals surface area contributed by atoms with Crippen LogP contribution >= 0.6 is 12.4 Å². The van der Waals surface area contributed by atoms with E-state index in [1.807, 2.05) is 31.2 Å². The van der Waals surface area contributed by atoms with Gasteiger partial charge in [-0.15, -0.1) is 12.4 Å². The molecule has 1 heterocycles. The summed E-state index contributed by atoms with van der Waals surface area (Å²) >= 11 is 0. The zero-order valence-electron chi connectivity index (χ0n) is 14.5. The Bertz CT molecular complexity index is 490. The maximum atomic E-state index is 12.2. The summed E-state index contributed by atoms with van der Waals surface area (Å²) in [5.41, 5.74) is 1.92. The van der Waals surface area contributed by atoms with Crippen molar-refractivity contribution < 1.29 is 14.3 Å². The lowest BCUT2D eigenvalue weighted by atomic mass is 9.87. The third-order valence-corrected chi connectivity index (χ3v) is 3.91. The van der Waals surface area contributed by atoms with Crippen molar-refractivity contribution >= 4 is 18.4 Å². The van der Waals surface area contributed by atoms with Crippen LogP contribution in [0.4, 0.5) is 0 Å². The predicted molar refractivity (Wildman–Crippen MR) is 94.5 cm³/mol. The number of halogens is 1. The van der Waals surface area contributed by atoms with Crippen LogP contribution < -0.4 is 0 Å². The second-order valence-electron chi connectivity index (χ2n) is 6.96. The molecule has 1 saturated heterocycles. The molecule has 1 aliphatic rings. The lowest BCUT2D eigenvalue weighted by Gasteiger charge is -2.28. The van der Waals surface area contributed by atoms with Crippen LogP contribution in [0.5, 0.6) is 0 Å². The van der Waals surface area contributed by atoms with Gasteiger partial charge in [-0.3, -0.25) is 4.90 Å². The molecule has 0 N–H and O–H groups in total. The maximum Gasteiger partial charge on any atom is 0.338 e. The summed E-state index contributed by atoms with van der Waals surface area (Å²) in [6.45, 7) is 12.5. The van der Waals surface area contributed by atoms with Gasteiger partial charge >= 0.3 is 5.97 Å². The predicted octanol–water partition coefficient (Wildman–Crippen LogP) is 3.28. The van der Waals surface area contributed by atoms with Crippen molar-refractivity contribution in [1.29, 1.82) is 0 Å². The van der Waals surface area contributed by atoms with Gasteiger partial charge in [0.1, 0.15) is 6.10 Å². The molecule has 1 atom stereocenters. The Morgan fingerprint density at radius 2 is 1.78 bits per heavy atom. The Morgan fingerprint density at radius 1 is 1.22 bits per heavy atom. The van der Waals surface area contributed by atoms with Gasteiger partial charge in [0.2, 0.25) is 0 Å². The summed E-state index contributed by atoms with van der Waals surface area (Å²) in [5.74, 6) is -0.249. The van der Waals surface area contributed by atoms with Gasteiger partial charge in [0.25, 0.3) is 0 Å². The Hall–Kier alpha value is -1.10. The first-order chi connectivity index (χ1) is 10.4. The topological polar surface area (TPSA) is 38.8 Å². The first-order valence-corrected chi connectivity index (χ1v) is 7.98. The van der Waals surface area contributed by atoms with E-state index >= 15 is 0 Å². The van der Waals surface area contributed by atoms with E-state index in [1.54, 1.807) is 0 Å². The standard InChI is InChI=1S/C18H27NO3.ClH/c1-14(13-19-9-11-21-12-10-19)22-17(20)15-5-7-16(8-6-15)18(2,3)4;/h5-8,14H,9-13H2,1-4H3;1H. The van der Waals surface area contributed by atoms with Gasteiger partial charge < -0.3 is 9.47 Å². The first-order valence-electron chi connectivity index (χ1n) is 7.98. The largest absolute Gasteiger partial charge is 0.458 e. The molecule has 0 aromatic heterocycles. The zero-order chi connectivity index (χ0) is 16.2. The van der Waals surface area contributed by atoms with Gasteiger partial charge in [-0.1, -0.05) is 32.9 Å². The highest BCUT2D eigenvalue weighted by atomic mass is 35.5. The molecule has 130 valence electrons. The number of benzene rings is 1. The fourth-order valence-electron chi connectivity index (χ4n) is 2.54. The molecule has 0 amide bonds. The molecule has 0 aliphatic carbocycles. The van der Waals surface area contributed by atoms with Gasteiger partial charge in [0, 0.05) is 19.6 Å². The van der Waals surface area contributed by atoms with Crippen molar-refractivity contribution in [3.05, 3.63) is 35.4 Å². The van der Waals surface area contributed by atoms with Crippen LogP contribution in [-0.2, 0) is 14.9 Å². The molecule has 23 heavy (non-hydrogen) atoms. The third-order valence-electron chi connectivity index (χ3n) is 3.91. The van der Waals surface area contributed by atoms with Crippen LogP contribution in [-0.4, -0.2) is 49.8 Å². The Morgan fingerprint density at radius 3 is 2.30 bits per heavy atom. The molecular formula is C18H28ClNO3. The van der Waals surface area contributed by atoms with Crippen molar-refractivity contribution in [2.24, 2.45) is 0 Å². The van der Waals surface area contributed by atoms with E-state index in [-0.39, 0.29) is 29.9 Å². The second kappa shape index (κ2) is 8.67. The van der Waals surface area contributed by atoms with Gasteiger partial charge in [-0.2, -0.15) is 0 Å². The lowest BCUT2D eigenvalue weighted by Crippen LogP contribution is -2.41. The monoisotopic (exact) mass is 341 g/mol. The quantitative estimate of drug-likeness (QED) is 0.788. The second-order valence-corrected chi connectivity index (χ2v) is 6.96. The average molecular weight is 342 g/mol. The minimum atomic E-state index is -0.249. The van der Waals surface area contributed by atoms with E-state index in [0.29, 0.717) is 5.56 Å². The number of morpholine rings is 1. The summed E-state index contributed by atoms with van der Waals surface area (Å²) in [7, 11) is 0. The Kier molecular flexibility index (Phi) is 7.52. The molecular weight excluding hydrogens is 314 g/mol. The molecule has 1 aromatic carbocycles. The highest BCUT2D eigenvalue weighted by molar-refractivity contribution is 5.89. The SMILES string of the molecule is CC(CN1CCOCC1)OC(=O)c1ccc(C(C)(C)C)cc1.Cl. The van der Waals surface area contributed by atoms with E-state index in [0.717, 1.165) is 32.8 Å². The fraction of sp³-hybridized carbons (Fsp3) is 0.611. The minimum Gasteiger partial charge on any atom is -0.458 e. The Balaban J connectivity index is 0.00000264. The number of nitrogens with zero attached hydrogens (tertiary/aromatic N) is 1. The molecule has 2 rings (SSSR count). The number of carbonyl (C=O) groups is 1. The van der Waals surface area contributed by atoms with E-state index in [9.17, 15) is 4.79 Å². The summed E-state index contributed by atoms with van der Waals surface area (Å²) in [4.78, 5) is 14.5. The van der Waals surface area contributed by atoms with Crippen LogP contribution in [0.1, 0.15) is 43.6 Å². The third kappa shape index (κ3) is 6.13. The highest BCUT2D eigenvalue weighted by Crippen LogP contribution is 2.22. The fourth-order valence-corrected chi connectivity index (χ4v) is 2.54. The van der Waals surface area contributed by atoms with Gasteiger partial charge in [-0.05, 0) is 30.0 Å². The molecule has 0 saturated carbocycles. The summed E-state index contributed by atoms with van der Waals surface area (Å²) in [6, 6.07) is 7.71. The summed E-state index contributed by atoms with van der Waals surface area (Å²) < 4.78 is 10.9. The smallest absolute Gasteiger partial charge is 0.338 e. The molecule has 0 radical (unpaired) electrons. The van der Waals surface area contributed by atoms with Gasteiger partial charge in [-0.25, -0.2) is 4.79 Å². The van der Waals surface area contributed by atoms with Crippen LogP contribution in [0, 0.1) is 0 Å². The van der Waals surface area contributed by atoms with Gasteiger partial charge in [0.05, 0.1) is 18.8 Å². The molecule has 1 aromatic rings. The van der Waals surface area contributed by atoms with Crippen molar-refractivity contribution in [3.63, 3.8) is 0 Å². The molecule has 1 unspecified atom stereocenters. The molecule has 0 bridgehead atoms. The van der Waals surface area contributed by atoms with E-state index in [1.165, 1.54) is 5.56 Å². The van der Waals surface area contributed by atoms with Crippen LogP contribution in [0.3, 0.4) is 0 Å². The van der Waals surface area contributed by atoms with Crippen LogP contribution in [0.25, 0.3) is 0 Å². The summed E-state index contributed by atoms with van der Waals surface area (Å²) in [5, 5.41) is 0. The number of ether oxygens (including phenoxy) is 2. The lowest BCUT2D eigenvalue weighted by molar-refractivity contribution is 0.000444. The van der Waals surface area contributed by atoms with E-state index in [4.69, 9.17) is 9.47 Å². The molecule has 1 fully saturated rings. The Labute approximate surface area is 145 Å². The van der Waals surface area contributed by atoms with Crippen molar-refractivity contribution in [2.75, 3.05) is 32.8 Å². The molecule has 4 nitrogen and oxygen atoms in total. The van der Waals surface area contributed by atoms with Crippen molar-refractivity contribution in [3.8, 4) is 0 Å². The van der Waals surface area contributed by atoms with E-state index in [2.05, 4.69) is 25.7 Å². The van der Waals surface area contributed by atoms with Gasteiger partial charge in [0.15, 0.2) is 0 Å². The maximum absolute atomic E-state index is 12.2. The number of esters is 1. The summed E-state index contributed by atoms with van der Waals surface area (Å²) in [6.07, 6.45) is -0.118. The number of rotatable bonds is 4. The number of carbonyl (C=O) groups excluding carboxylic acids is 1.